The van der Waals surface area contributed by atoms with Crippen molar-refractivity contribution < 1.29 is 9.90 Å². The number of nitrogens with zero attached hydrogens (tertiary/aromatic N) is 1. The molecule has 0 spiro atoms. The first-order chi connectivity index (χ1) is 7.74. The molecule has 0 radical (unpaired) electrons. The Hall–Kier alpha value is -1.51. The molecule has 1 amide bonds. The Morgan fingerprint density at radius 1 is 1.25 bits per heavy atom. The predicted octanol–water partition coefficient (Wildman–Crippen LogP) is 2.02. The zero-order chi connectivity index (χ0) is 11.1. The summed E-state index contributed by atoms with van der Waals surface area (Å²) in [5.74, 6) is 1.05. The van der Waals surface area contributed by atoms with Crippen molar-refractivity contribution in [1.29, 1.82) is 0 Å². The molecule has 3 nitrogen and oxygen atoms in total. The van der Waals surface area contributed by atoms with Gasteiger partial charge in [-0.05, 0) is 49.4 Å². The van der Waals surface area contributed by atoms with Gasteiger partial charge in [-0.2, -0.15) is 0 Å². The van der Waals surface area contributed by atoms with Crippen LogP contribution in [0.5, 0.6) is 5.75 Å². The van der Waals surface area contributed by atoms with Crippen LogP contribution in [0.2, 0.25) is 0 Å². The molecule has 2 aliphatic rings. The van der Waals surface area contributed by atoms with Crippen molar-refractivity contribution in [3.63, 3.8) is 0 Å². The van der Waals surface area contributed by atoms with Gasteiger partial charge in [-0.3, -0.25) is 4.79 Å². The van der Waals surface area contributed by atoms with Gasteiger partial charge in [-0.1, -0.05) is 0 Å². The van der Waals surface area contributed by atoms with Crippen LogP contribution in [0.4, 0.5) is 0 Å². The minimum atomic E-state index is 0.118. The van der Waals surface area contributed by atoms with Gasteiger partial charge < -0.3 is 10.0 Å². The maximum atomic E-state index is 12.2. The summed E-state index contributed by atoms with van der Waals surface area (Å²) in [4.78, 5) is 14.2. The Kier molecular flexibility index (Phi) is 2.13. The summed E-state index contributed by atoms with van der Waals surface area (Å²) in [5, 5.41) is 9.18. The normalized spacial score (nSPS) is 27.4. The van der Waals surface area contributed by atoms with Gasteiger partial charge in [0.2, 0.25) is 0 Å². The van der Waals surface area contributed by atoms with E-state index in [9.17, 15) is 9.90 Å². The van der Waals surface area contributed by atoms with Crippen LogP contribution in [0.1, 0.15) is 29.6 Å². The lowest BCUT2D eigenvalue weighted by molar-refractivity contribution is 0.0703. The zero-order valence-electron chi connectivity index (χ0n) is 9.10. The second kappa shape index (κ2) is 3.51. The van der Waals surface area contributed by atoms with Gasteiger partial charge >= 0.3 is 0 Å². The maximum absolute atomic E-state index is 12.2. The molecule has 1 aliphatic carbocycles. The molecule has 1 aromatic rings. The number of benzene rings is 1. The molecule has 3 rings (SSSR count). The number of carbonyl (C=O) groups excluding carboxylic acids is 1. The van der Waals surface area contributed by atoms with Crippen molar-refractivity contribution in [2.24, 2.45) is 5.92 Å². The SMILES string of the molecule is O=C(c1ccc(O)cc1)N1CC2CCC1C2. The molecule has 16 heavy (non-hydrogen) atoms. The van der Waals surface area contributed by atoms with Crippen molar-refractivity contribution in [3.05, 3.63) is 29.8 Å². The molecule has 1 N–H and O–H groups in total. The molecule has 1 aromatic carbocycles. The average Bonchev–Trinajstić information content (AvgIpc) is 2.91. The lowest BCUT2D eigenvalue weighted by atomic mass is 10.1. The summed E-state index contributed by atoms with van der Waals surface area (Å²) in [6.45, 7) is 0.921. The second-order valence-electron chi connectivity index (χ2n) is 4.84. The van der Waals surface area contributed by atoms with Crippen LogP contribution in [0.15, 0.2) is 24.3 Å². The molecule has 2 unspecified atom stereocenters. The smallest absolute Gasteiger partial charge is 0.254 e. The van der Waals surface area contributed by atoms with E-state index in [1.165, 1.54) is 12.8 Å². The molecule has 1 heterocycles. The van der Waals surface area contributed by atoms with Crippen molar-refractivity contribution in [2.75, 3.05) is 6.54 Å². The molecule has 2 fully saturated rings. The van der Waals surface area contributed by atoms with E-state index in [2.05, 4.69) is 0 Å². The van der Waals surface area contributed by atoms with Gasteiger partial charge in [0.25, 0.3) is 5.91 Å². The molecular weight excluding hydrogens is 202 g/mol. The first-order valence-electron chi connectivity index (χ1n) is 5.84. The molecule has 1 saturated heterocycles. The first kappa shape index (κ1) is 9.70. The quantitative estimate of drug-likeness (QED) is 0.781. The molecule has 0 aromatic heterocycles. The number of phenols is 1. The third-order valence-electron chi connectivity index (χ3n) is 3.78. The van der Waals surface area contributed by atoms with Gasteiger partial charge in [0.15, 0.2) is 0 Å². The number of hydrogen-bond acceptors (Lipinski definition) is 2. The minimum Gasteiger partial charge on any atom is -0.508 e. The molecule has 84 valence electrons. The van der Waals surface area contributed by atoms with Gasteiger partial charge in [-0.15, -0.1) is 0 Å². The van der Waals surface area contributed by atoms with E-state index < -0.39 is 0 Å². The number of fused-ring (bicyclic) bond motifs is 2. The van der Waals surface area contributed by atoms with Gasteiger partial charge in [0.05, 0.1) is 0 Å². The van der Waals surface area contributed by atoms with Crippen LogP contribution in [0, 0.1) is 5.92 Å². The van der Waals surface area contributed by atoms with E-state index in [1.807, 2.05) is 4.90 Å². The number of hydrogen-bond donors (Lipinski definition) is 1. The van der Waals surface area contributed by atoms with Crippen LogP contribution < -0.4 is 0 Å². The van der Waals surface area contributed by atoms with E-state index >= 15 is 0 Å². The Morgan fingerprint density at radius 3 is 2.56 bits per heavy atom. The van der Waals surface area contributed by atoms with E-state index in [-0.39, 0.29) is 11.7 Å². The average molecular weight is 217 g/mol. The van der Waals surface area contributed by atoms with Crippen LogP contribution in [0.3, 0.4) is 0 Å². The topological polar surface area (TPSA) is 40.5 Å². The van der Waals surface area contributed by atoms with Crippen molar-refractivity contribution in [1.82, 2.24) is 4.90 Å². The molecule has 1 saturated carbocycles. The second-order valence-corrected chi connectivity index (χ2v) is 4.84. The highest BCUT2D eigenvalue weighted by atomic mass is 16.3. The third kappa shape index (κ3) is 1.47. The van der Waals surface area contributed by atoms with Crippen LogP contribution in [0.25, 0.3) is 0 Å². The van der Waals surface area contributed by atoms with Crippen molar-refractivity contribution >= 4 is 5.91 Å². The molecule has 1 aliphatic heterocycles. The Labute approximate surface area is 94.7 Å². The predicted molar refractivity (Wildman–Crippen MR) is 60.3 cm³/mol. The number of phenolic OH excluding ortho intramolecular Hbond substituents is 1. The highest BCUT2D eigenvalue weighted by Crippen LogP contribution is 2.38. The summed E-state index contributed by atoms with van der Waals surface area (Å²) in [7, 11) is 0. The summed E-state index contributed by atoms with van der Waals surface area (Å²) < 4.78 is 0. The van der Waals surface area contributed by atoms with Gasteiger partial charge in [0.1, 0.15) is 5.75 Å². The standard InChI is InChI=1S/C13H15NO2/c15-12-5-2-10(3-6-12)13(16)14-8-9-1-4-11(14)7-9/h2-3,5-6,9,11,15H,1,4,7-8H2. The Balaban J connectivity index is 1.80. The van der Waals surface area contributed by atoms with Crippen LogP contribution in [-0.4, -0.2) is 28.5 Å². The molecule has 3 heteroatoms. The largest absolute Gasteiger partial charge is 0.508 e. The summed E-state index contributed by atoms with van der Waals surface area (Å²) >= 11 is 0. The zero-order valence-corrected chi connectivity index (χ0v) is 9.10. The lowest BCUT2D eigenvalue weighted by Crippen LogP contribution is -2.37. The molecular formula is C13H15NO2. The Morgan fingerprint density at radius 2 is 2.00 bits per heavy atom. The number of rotatable bonds is 1. The summed E-state index contributed by atoms with van der Waals surface area (Å²) in [6, 6.07) is 7.00. The summed E-state index contributed by atoms with van der Waals surface area (Å²) in [6.07, 6.45) is 3.63. The Bertz CT molecular complexity index is 412. The monoisotopic (exact) mass is 217 g/mol. The van der Waals surface area contributed by atoms with Crippen LogP contribution in [-0.2, 0) is 0 Å². The third-order valence-corrected chi connectivity index (χ3v) is 3.78. The van der Waals surface area contributed by atoms with E-state index in [0.29, 0.717) is 11.6 Å². The molecule has 2 atom stereocenters. The van der Waals surface area contributed by atoms with E-state index in [0.717, 1.165) is 18.9 Å². The highest BCUT2D eigenvalue weighted by molar-refractivity contribution is 5.94. The first-order valence-corrected chi connectivity index (χ1v) is 5.84. The van der Waals surface area contributed by atoms with Crippen molar-refractivity contribution in [3.8, 4) is 5.75 Å². The number of piperidine rings is 1. The fourth-order valence-electron chi connectivity index (χ4n) is 2.94. The number of aromatic hydroxyl groups is 1. The van der Waals surface area contributed by atoms with Crippen LogP contribution >= 0.6 is 0 Å². The fourth-order valence-corrected chi connectivity index (χ4v) is 2.94. The maximum Gasteiger partial charge on any atom is 0.254 e. The number of carbonyl (C=O) groups is 1. The van der Waals surface area contributed by atoms with E-state index in [4.69, 9.17) is 0 Å². The lowest BCUT2D eigenvalue weighted by Gasteiger charge is -2.27. The molecule has 2 bridgehead atoms. The number of amides is 1. The van der Waals surface area contributed by atoms with Gasteiger partial charge in [-0.25, -0.2) is 0 Å². The number of likely N-dealkylation sites (tertiary alicyclic amines) is 1. The summed E-state index contributed by atoms with van der Waals surface area (Å²) in [5.41, 5.74) is 0.686. The van der Waals surface area contributed by atoms with Gasteiger partial charge in [0, 0.05) is 18.2 Å². The fraction of sp³-hybridized carbons (Fsp3) is 0.462. The van der Waals surface area contributed by atoms with Crippen molar-refractivity contribution in [2.45, 2.75) is 25.3 Å². The minimum absolute atomic E-state index is 0.118. The van der Waals surface area contributed by atoms with E-state index in [1.54, 1.807) is 24.3 Å². The highest BCUT2D eigenvalue weighted by Gasteiger charge is 2.40.